The SMILES string of the molecule is CCCC/C=C\CCCCCCCC(=O)OCCCCCCCCCCCCCCCC/C=C\CCCCCCCCCCCCCCCCCCCC(=O)NC(CO)C(O)/C=C/CCCCCCCCCCCCC. The van der Waals surface area contributed by atoms with E-state index in [2.05, 4.69) is 43.5 Å². The van der Waals surface area contributed by atoms with E-state index in [0.29, 0.717) is 19.4 Å². The molecule has 76 heavy (non-hydrogen) atoms. The van der Waals surface area contributed by atoms with E-state index < -0.39 is 12.1 Å². The maximum absolute atomic E-state index is 12.5. The summed E-state index contributed by atoms with van der Waals surface area (Å²) < 4.78 is 5.47. The molecule has 0 aliphatic carbocycles. The van der Waals surface area contributed by atoms with Crippen molar-refractivity contribution >= 4 is 11.9 Å². The third-order valence-corrected chi connectivity index (χ3v) is 15.9. The second-order valence-electron chi connectivity index (χ2n) is 23.5. The van der Waals surface area contributed by atoms with Crippen molar-refractivity contribution < 1.29 is 24.5 Å². The van der Waals surface area contributed by atoms with Crippen LogP contribution in [0, 0.1) is 0 Å². The van der Waals surface area contributed by atoms with E-state index >= 15 is 0 Å². The molecule has 0 radical (unpaired) electrons. The Hall–Kier alpha value is -1.92. The van der Waals surface area contributed by atoms with E-state index in [-0.39, 0.29) is 18.5 Å². The maximum Gasteiger partial charge on any atom is 0.305 e. The summed E-state index contributed by atoms with van der Waals surface area (Å²) in [6.45, 7) is 4.88. The Kier molecular flexibility index (Phi) is 63.9. The van der Waals surface area contributed by atoms with Crippen LogP contribution in [0.15, 0.2) is 36.5 Å². The first-order valence-electron chi connectivity index (χ1n) is 34.3. The molecule has 0 saturated carbocycles. The molecule has 6 heteroatoms. The predicted molar refractivity (Wildman–Crippen MR) is 333 cm³/mol. The van der Waals surface area contributed by atoms with Gasteiger partial charge in [0.15, 0.2) is 0 Å². The van der Waals surface area contributed by atoms with Gasteiger partial charge in [-0.3, -0.25) is 9.59 Å². The molecule has 0 aromatic rings. The van der Waals surface area contributed by atoms with E-state index in [1.807, 2.05) is 6.08 Å². The molecule has 0 fully saturated rings. The molecule has 0 aromatic heterocycles. The van der Waals surface area contributed by atoms with Crippen molar-refractivity contribution in [3.63, 3.8) is 0 Å². The lowest BCUT2D eigenvalue weighted by Gasteiger charge is -2.20. The third kappa shape index (κ3) is 61.3. The van der Waals surface area contributed by atoms with Gasteiger partial charge in [-0.05, 0) is 77.0 Å². The van der Waals surface area contributed by atoms with Gasteiger partial charge in [0.25, 0.3) is 0 Å². The first kappa shape index (κ1) is 74.1. The van der Waals surface area contributed by atoms with Crippen LogP contribution in [0.25, 0.3) is 0 Å². The van der Waals surface area contributed by atoms with Gasteiger partial charge in [-0.25, -0.2) is 0 Å². The first-order chi connectivity index (χ1) is 37.5. The lowest BCUT2D eigenvalue weighted by atomic mass is 10.0. The van der Waals surface area contributed by atoms with Crippen LogP contribution in [0.5, 0.6) is 0 Å². The number of esters is 1. The Bertz CT molecular complexity index is 1230. The average molecular weight is 1070 g/mol. The Balaban J connectivity index is 3.35. The lowest BCUT2D eigenvalue weighted by Crippen LogP contribution is -2.45. The van der Waals surface area contributed by atoms with E-state index in [9.17, 15) is 19.8 Å². The summed E-state index contributed by atoms with van der Waals surface area (Å²) in [6.07, 6.45) is 83.8. The van der Waals surface area contributed by atoms with Crippen LogP contribution in [-0.4, -0.2) is 47.4 Å². The van der Waals surface area contributed by atoms with Gasteiger partial charge in [0.2, 0.25) is 5.91 Å². The summed E-state index contributed by atoms with van der Waals surface area (Å²) >= 11 is 0. The minimum Gasteiger partial charge on any atom is -0.466 e. The number of allylic oxidation sites excluding steroid dienone is 5. The molecule has 448 valence electrons. The van der Waals surface area contributed by atoms with E-state index in [4.69, 9.17) is 4.74 Å². The zero-order valence-corrected chi connectivity index (χ0v) is 51.3. The fourth-order valence-corrected chi connectivity index (χ4v) is 10.6. The molecule has 0 rings (SSSR count). The minimum absolute atomic E-state index is 0.00889. The fourth-order valence-electron chi connectivity index (χ4n) is 10.6. The van der Waals surface area contributed by atoms with Crippen molar-refractivity contribution in [2.24, 2.45) is 0 Å². The van der Waals surface area contributed by atoms with Gasteiger partial charge in [0.05, 0.1) is 25.4 Å². The van der Waals surface area contributed by atoms with Crippen molar-refractivity contribution in [1.82, 2.24) is 5.32 Å². The molecule has 0 bridgehead atoms. The van der Waals surface area contributed by atoms with Crippen LogP contribution >= 0.6 is 0 Å². The van der Waals surface area contributed by atoms with Gasteiger partial charge in [0.1, 0.15) is 0 Å². The van der Waals surface area contributed by atoms with Crippen LogP contribution < -0.4 is 5.32 Å². The molecular formula is C70H133NO5. The Morgan fingerprint density at radius 1 is 0.355 bits per heavy atom. The predicted octanol–water partition coefficient (Wildman–Crippen LogP) is 21.9. The monoisotopic (exact) mass is 1070 g/mol. The Morgan fingerprint density at radius 3 is 0.974 bits per heavy atom. The van der Waals surface area contributed by atoms with Crippen molar-refractivity contribution in [2.75, 3.05) is 13.2 Å². The summed E-state index contributed by atoms with van der Waals surface area (Å²) in [7, 11) is 0. The van der Waals surface area contributed by atoms with Crippen molar-refractivity contribution in [3.05, 3.63) is 36.5 Å². The molecule has 6 nitrogen and oxygen atoms in total. The molecule has 0 heterocycles. The molecule has 3 N–H and O–H groups in total. The van der Waals surface area contributed by atoms with E-state index in [1.54, 1.807) is 6.08 Å². The van der Waals surface area contributed by atoms with Crippen LogP contribution in [0.1, 0.15) is 373 Å². The number of hydrogen-bond acceptors (Lipinski definition) is 5. The van der Waals surface area contributed by atoms with Crippen LogP contribution in [0.2, 0.25) is 0 Å². The van der Waals surface area contributed by atoms with Gasteiger partial charge in [0, 0.05) is 12.8 Å². The second kappa shape index (κ2) is 65.6. The van der Waals surface area contributed by atoms with Crippen LogP contribution in [0.3, 0.4) is 0 Å². The third-order valence-electron chi connectivity index (χ3n) is 15.9. The van der Waals surface area contributed by atoms with Gasteiger partial charge in [-0.1, -0.05) is 320 Å². The number of unbranched alkanes of at least 4 members (excludes halogenated alkanes) is 49. The maximum atomic E-state index is 12.5. The quantitative estimate of drug-likeness (QED) is 0.0320. The largest absolute Gasteiger partial charge is 0.466 e. The number of carbonyl (C=O) groups is 2. The Morgan fingerprint density at radius 2 is 0.632 bits per heavy atom. The van der Waals surface area contributed by atoms with Crippen LogP contribution in [0.4, 0.5) is 0 Å². The zero-order valence-electron chi connectivity index (χ0n) is 51.3. The van der Waals surface area contributed by atoms with Crippen LogP contribution in [-0.2, 0) is 14.3 Å². The minimum atomic E-state index is -0.841. The molecule has 0 spiro atoms. The summed E-state index contributed by atoms with van der Waals surface area (Å²) in [5.41, 5.74) is 0. The highest BCUT2D eigenvalue weighted by molar-refractivity contribution is 5.76. The topological polar surface area (TPSA) is 95.9 Å². The van der Waals surface area contributed by atoms with Gasteiger partial charge in [-0.2, -0.15) is 0 Å². The van der Waals surface area contributed by atoms with Crippen molar-refractivity contribution in [1.29, 1.82) is 0 Å². The molecule has 2 unspecified atom stereocenters. The molecule has 0 saturated heterocycles. The standard InChI is InChI=1S/C70H133NO5/c1-3-5-7-9-11-13-15-39-43-46-50-54-58-62-68(73)67(66-72)71-69(74)63-59-55-51-47-44-40-37-35-33-31-29-27-25-23-21-19-17-16-18-20-22-24-26-28-30-32-34-36-38-41-45-49-53-57-61-65-76-70(75)64-60-56-52-48-42-14-12-10-8-6-4-2/h10,12,18,20,58,62,67-68,72-73H,3-9,11,13-17,19,21-57,59-61,63-66H2,1-2H3,(H,71,74)/b12-10-,20-18-,62-58+. The number of aliphatic hydroxyl groups excluding tert-OH is 2. The average Bonchev–Trinajstić information content (AvgIpc) is 3.42. The van der Waals surface area contributed by atoms with Gasteiger partial charge < -0.3 is 20.3 Å². The lowest BCUT2D eigenvalue weighted by molar-refractivity contribution is -0.143. The number of hydrogen-bond donors (Lipinski definition) is 3. The zero-order chi connectivity index (χ0) is 55.0. The number of ether oxygens (including phenoxy) is 1. The molecule has 0 aliphatic heterocycles. The highest BCUT2D eigenvalue weighted by atomic mass is 16.5. The van der Waals surface area contributed by atoms with Gasteiger partial charge in [-0.15, -0.1) is 0 Å². The fraction of sp³-hybridized carbons (Fsp3) is 0.886. The summed E-state index contributed by atoms with van der Waals surface area (Å²) in [6, 6.07) is -0.624. The van der Waals surface area contributed by atoms with E-state index in [0.717, 1.165) is 44.9 Å². The van der Waals surface area contributed by atoms with Crippen molar-refractivity contribution in [2.45, 2.75) is 386 Å². The normalized spacial score (nSPS) is 12.7. The van der Waals surface area contributed by atoms with E-state index in [1.165, 1.54) is 302 Å². The second-order valence-corrected chi connectivity index (χ2v) is 23.5. The molecular weight excluding hydrogens is 935 g/mol. The summed E-state index contributed by atoms with van der Waals surface area (Å²) in [5.74, 6) is -0.0544. The number of amides is 1. The van der Waals surface area contributed by atoms with Gasteiger partial charge >= 0.3 is 5.97 Å². The number of aliphatic hydroxyl groups is 2. The number of nitrogens with one attached hydrogen (secondary N) is 1. The smallest absolute Gasteiger partial charge is 0.305 e. The Labute approximate surface area is 474 Å². The molecule has 2 atom stereocenters. The first-order valence-corrected chi connectivity index (χ1v) is 34.3. The number of rotatable bonds is 64. The summed E-state index contributed by atoms with van der Waals surface area (Å²) in [5, 5.41) is 23.1. The molecule has 0 aromatic carbocycles. The highest BCUT2D eigenvalue weighted by Crippen LogP contribution is 2.18. The molecule has 1 amide bonds. The number of carbonyl (C=O) groups excluding carboxylic acids is 2. The summed E-state index contributed by atoms with van der Waals surface area (Å²) in [4.78, 5) is 24.5. The van der Waals surface area contributed by atoms with Crippen molar-refractivity contribution in [3.8, 4) is 0 Å². The molecule has 0 aliphatic rings. The highest BCUT2D eigenvalue weighted by Gasteiger charge is 2.18.